The van der Waals surface area contributed by atoms with Crippen LogP contribution in [-0.2, 0) is 16.5 Å². The zero-order chi connectivity index (χ0) is 2.71. The molecule has 0 aromatic carbocycles. The van der Waals surface area contributed by atoms with Crippen molar-refractivity contribution < 1.29 is 16.5 Å². The molecule has 0 saturated carbocycles. The average Bonchev–Trinajstić information content (AvgIpc) is 0.918. The molecule has 0 atom stereocenters. The standard InChI is InChI=1S/C2H8Si.Ni/c1-2-3;/h2H2,1,3H3;. The molecule has 0 heterocycles. The second-order valence-corrected chi connectivity index (χ2v) is 2.12. The van der Waals surface area contributed by atoms with Crippen molar-refractivity contribution in [2.24, 2.45) is 0 Å². The molecule has 0 aliphatic heterocycles. The number of hydrogen-bond acceptors (Lipinski definition) is 0. The van der Waals surface area contributed by atoms with E-state index in [1.54, 1.807) is 0 Å². The van der Waals surface area contributed by atoms with Crippen LogP contribution in [0.1, 0.15) is 6.92 Å². The van der Waals surface area contributed by atoms with Crippen LogP contribution in [0.5, 0.6) is 0 Å². The molecule has 2 heteroatoms. The predicted octanol–water partition coefficient (Wildman–Crippen LogP) is -0.212. The molecular formula is C2H8NiSi. The Hall–Kier alpha value is 0.710. The van der Waals surface area contributed by atoms with Crippen molar-refractivity contribution in [2.75, 3.05) is 0 Å². The van der Waals surface area contributed by atoms with E-state index in [0.29, 0.717) is 0 Å². The third kappa shape index (κ3) is 15.7. The van der Waals surface area contributed by atoms with Gasteiger partial charge in [0.15, 0.2) is 0 Å². The van der Waals surface area contributed by atoms with E-state index in [1.807, 2.05) is 0 Å². The van der Waals surface area contributed by atoms with Crippen LogP contribution in [-0.4, -0.2) is 10.2 Å². The van der Waals surface area contributed by atoms with Gasteiger partial charge in [-0.05, 0) is 0 Å². The van der Waals surface area contributed by atoms with Crippen LogP contribution >= 0.6 is 0 Å². The van der Waals surface area contributed by atoms with Crippen molar-refractivity contribution in [1.29, 1.82) is 0 Å². The third-order valence-corrected chi connectivity index (χ3v) is 0. The van der Waals surface area contributed by atoms with Gasteiger partial charge in [0.05, 0.1) is 0 Å². The molecule has 0 aromatic rings. The van der Waals surface area contributed by atoms with E-state index in [1.165, 1.54) is 16.3 Å². The van der Waals surface area contributed by atoms with E-state index in [0.717, 1.165) is 0 Å². The second kappa shape index (κ2) is 9.32. The molecular weight excluding hydrogens is 111 g/mol. The Morgan fingerprint density at radius 1 is 1.75 bits per heavy atom. The van der Waals surface area contributed by atoms with E-state index in [2.05, 4.69) is 6.92 Å². The predicted molar refractivity (Wildman–Crippen MR) is 20.4 cm³/mol. The molecule has 30 valence electrons. The molecule has 0 saturated heterocycles. The minimum atomic E-state index is 0. The Bertz CT molecular complexity index is 6.00. The summed E-state index contributed by atoms with van der Waals surface area (Å²) in [6.45, 7) is 2.19. The molecule has 0 radical (unpaired) electrons. The Kier molecular flexibility index (Phi) is 20.6. The van der Waals surface area contributed by atoms with Crippen molar-refractivity contribution in [3.05, 3.63) is 0 Å². The molecule has 0 spiro atoms. The van der Waals surface area contributed by atoms with E-state index in [9.17, 15) is 0 Å². The van der Waals surface area contributed by atoms with Crippen LogP contribution in [0.15, 0.2) is 0 Å². The molecule has 0 aromatic heterocycles. The van der Waals surface area contributed by atoms with Crippen LogP contribution in [0.3, 0.4) is 0 Å². The van der Waals surface area contributed by atoms with Gasteiger partial charge in [0.1, 0.15) is 0 Å². The van der Waals surface area contributed by atoms with E-state index < -0.39 is 0 Å². The first-order valence-electron chi connectivity index (χ1n) is 1.41. The SMILES string of the molecule is CC[SiH3].[Ni]. The van der Waals surface area contributed by atoms with Crippen LogP contribution in [0, 0.1) is 0 Å². The summed E-state index contributed by atoms with van der Waals surface area (Å²) in [5.74, 6) is 0. The van der Waals surface area contributed by atoms with Crippen LogP contribution in [0.2, 0.25) is 6.04 Å². The maximum Gasteiger partial charge on any atom is 0.00244 e. The average molecular weight is 119 g/mol. The van der Waals surface area contributed by atoms with Gasteiger partial charge >= 0.3 is 0 Å². The van der Waals surface area contributed by atoms with Crippen LogP contribution < -0.4 is 0 Å². The van der Waals surface area contributed by atoms with Crippen LogP contribution in [0.25, 0.3) is 0 Å². The molecule has 0 amide bonds. The van der Waals surface area contributed by atoms with Gasteiger partial charge in [-0.3, -0.25) is 0 Å². The molecule has 0 rings (SSSR count). The van der Waals surface area contributed by atoms with Gasteiger partial charge < -0.3 is 0 Å². The van der Waals surface area contributed by atoms with Crippen molar-refractivity contribution >= 4 is 10.2 Å². The molecule has 0 N–H and O–H groups in total. The monoisotopic (exact) mass is 118 g/mol. The first-order chi connectivity index (χ1) is 1.41. The fourth-order valence-electron chi connectivity index (χ4n) is 0. The molecule has 4 heavy (non-hydrogen) atoms. The fraction of sp³-hybridized carbons (Fsp3) is 1.00. The second-order valence-electron chi connectivity index (χ2n) is 0.707. The van der Waals surface area contributed by atoms with Gasteiger partial charge in [0, 0.05) is 26.7 Å². The van der Waals surface area contributed by atoms with Gasteiger partial charge in [-0.25, -0.2) is 0 Å². The summed E-state index contributed by atoms with van der Waals surface area (Å²) < 4.78 is 0. The third-order valence-electron chi connectivity index (χ3n) is 0. The van der Waals surface area contributed by atoms with Gasteiger partial charge in [-0.2, -0.15) is 0 Å². The molecule has 0 unspecified atom stereocenters. The van der Waals surface area contributed by atoms with Crippen molar-refractivity contribution in [3.63, 3.8) is 0 Å². The Morgan fingerprint density at radius 2 is 1.75 bits per heavy atom. The Balaban J connectivity index is 0. The zero-order valence-electron chi connectivity index (χ0n) is 3.02. The summed E-state index contributed by atoms with van der Waals surface area (Å²) >= 11 is 0. The molecule has 0 aliphatic carbocycles. The zero-order valence-corrected chi connectivity index (χ0v) is 6.01. The van der Waals surface area contributed by atoms with Crippen molar-refractivity contribution in [1.82, 2.24) is 0 Å². The minimum Gasteiger partial charge on any atom is -0.0686 e. The Labute approximate surface area is 40.3 Å². The topological polar surface area (TPSA) is 0 Å². The van der Waals surface area contributed by atoms with E-state index in [4.69, 9.17) is 0 Å². The summed E-state index contributed by atoms with van der Waals surface area (Å²) in [5.41, 5.74) is 0. The smallest absolute Gasteiger partial charge is 0.00244 e. The molecule has 0 aliphatic rings. The van der Waals surface area contributed by atoms with Crippen molar-refractivity contribution in [2.45, 2.75) is 13.0 Å². The van der Waals surface area contributed by atoms with Gasteiger partial charge in [0.2, 0.25) is 0 Å². The summed E-state index contributed by atoms with van der Waals surface area (Å²) in [6, 6.07) is 1.39. The normalized spacial score (nSPS) is 5.25. The quantitative estimate of drug-likeness (QED) is 0.387. The van der Waals surface area contributed by atoms with Gasteiger partial charge in [0.25, 0.3) is 0 Å². The van der Waals surface area contributed by atoms with E-state index in [-0.39, 0.29) is 16.5 Å². The molecule has 0 bridgehead atoms. The van der Waals surface area contributed by atoms with Crippen LogP contribution in [0.4, 0.5) is 0 Å². The van der Waals surface area contributed by atoms with E-state index >= 15 is 0 Å². The Morgan fingerprint density at radius 3 is 1.75 bits per heavy atom. The minimum absolute atomic E-state index is 0. The summed E-state index contributed by atoms with van der Waals surface area (Å²) in [5, 5.41) is 0. The largest absolute Gasteiger partial charge is 0.0686 e. The molecule has 0 nitrogen and oxygen atoms in total. The summed E-state index contributed by atoms with van der Waals surface area (Å²) in [4.78, 5) is 0. The summed E-state index contributed by atoms with van der Waals surface area (Å²) in [6.07, 6.45) is 0. The number of hydrogen-bond donors (Lipinski definition) is 0. The maximum atomic E-state index is 2.19. The maximum absolute atomic E-state index is 2.19. The van der Waals surface area contributed by atoms with Gasteiger partial charge in [-0.15, -0.1) is 0 Å². The molecule has 0 fully saturated rings. The van der Waals surface area contributed by atoms with Crippen molar-refractivity contribution in [3.8, 4) is 0 Å². The number of rotatable bonds is 0. The fourth-order valence-corrected chi connectivity index (χ4v) is 0. The summed E-state index contributed by atoms with van der Waals surface area (Å²) in [7, 11) is 1.37. The first-order valence-corrected chi connectivity index (χ1v) is 2.83. The van der Waals surface area contributed by atoms with Gasteiger partial charge in [-0.1, -0.05) is 13.0 Å². The first kappa shape index (κ1) is 8.83.